The first-order valence-corrected chi connectivity index (χ1v) is 41.8. The van der Waals surface area contributed by atoms with E-state index in [2.05, 4.69) is 325 Å². The van der Waals surface area contributed by atoms with Gasteiger partial charge >= 0.3 is 13.4 Å². The quantitative estimate of drug-likeness (QED) is 0.123. The summed E-state index contributed by atoms with van der Waals surface area (Å²) < 4.78 is 6.98. The van der Waals surface area contributed by atoms with E-state index >= 15 is 0 Å². The molecular weight excluding hydrogens is 1390 g/mol. The van der Waals surface area contributed by atoms with Gasteiger partial charge in [0.25, 0.3) is 0 Å². The van der Waals surface area contributed by atoms with Gasteiger partial charge in [0, 0.05) is 103 Å². The first-order chi connectivity index (χ1) is 56.2. The molecule has 0 fully saturated rings. The summed E-state index contributed by atoms with van der Waals surface area (Å²) in [7, 11) is 6.56. The summed E-state index contributed by atoms with van der Waals surface area (Å²) in [4.78, 5) is 13.9. The van der Waals surface area contributed by atoms with Gasteiger partial charge in [-0.3, -0.25) is 15.0 Å². The Labute approximate surface area is 680 Å². The van der Waals surface area contributed by atoms with Crippen LogP contribution in [0.5, 0.6) is 0 Å². The Kier molecular flexibility index (Phi) is 17.3. The predicted molar refractivity (Wildman–Crippen MR) is 478 cm³/mol. The van der Waals surface area contributed by atoms with Gasteiger partial charge in [-0.1, -0.05) is 246 Å². The topological polar surface area (TPSA) is 50.3 Å². The molecule has 0 amide bonds. The van der Waals surface area contributed by atoms with Crippen LogP contribution in [0.15, 0.2) is 256 Å². The summed E-state index contributed by atoms with van der Waals surface area (Å²) in [6.45, 7) is 17.6. The number of rotatable bonds is 0. The van der Waals surface area contributed by atoms with E-state index in [0.29, 0.717) is 33.6 Å². The number of pyridine rings is 6. The van der Waals surface area contributed by atoms with Crippen LogP contribution >= 0.6 is 0 Å². The van der Waals surface area contributed by atoms with Gasteiger partial charge in [-0.25, -0.2) is 13.7 Å². The molecule has 11 heteroatoms. The smallest absolute Gasteiger partial charge is 0.264 e. The molecule has 15 aromatic rings. The highest BCUT2D eigenvalue weighted by molar-refractivity contribution is 7.00. The van der Waals surface area contributed by atoms with E-state index in [1.807, 2.05) is 18.6 Å². The molecule has 0 unspecified atom stereocenters. The molecule has 6 nitrogen and oxygen atoms in total. The lowest BCUT2D eigenvalue weighted by atomic mass is 9.29. The van der Waals surface area contributed by atoms with Gasteiger partial charge in [0.15, 0.2) is 29.8 Å². The van der Waals surface area contributed by atoms with Crippen LogP contribution in [0.2, 0.25) is 0 Å². The molecule has 6 aromatic heterocycles. The van der Waals surface area contributed by atoms with E-state index in [1.54, 1.807) is 27.3 Å². The Balaban J connectivity index is 0.0000000900. The summed E-state index contributed by atoms with van der Waals surface area (Å²) in [5.74, 6) is 0. The molecule has 10 aliphatic rings. The molecule has 10 aliphatic heterocycles. The van der Waals surface area contributed by atoms with E-state index < -0.39 is 0 Å². The van der Waals surface area contributed by atoms with E-state index in [0.717, 1.165) is 64.2 Å². The maximum atomic E-state index is 4.73. The summed E-state index contributed by atoms with van der Waals surface area (Å²) in [6.07, 6.45) is 25.0. The van der Waals surface area contributed by atoms with Crippen molar-refractivity contribution < 1.29 is 13.7 Å². The highest BCUT2D eigenvalue weighted by Crippen LogP contribution is 2.30. The molecule has 0 saturated heterocycles. The number of aromatic nitrogens is 6. The maximum Gasteiger partial charge on any atom is 0.407 e. The standard InChI is InChI=1S/C21H19BN.3C21H18BN.C20H19BN2/c1-14-6-3-7-15-12-16-8-4-9-17-13-18-10-5-11-23(2)21(18)22(19(14)15)20(16)17;1-13-5-3-6-15-9-16-7-4-8-17-10-18-12-23-11-14(2)20(18)22(19(13)15)21(16)17;2*1-13-5-3-6-15-11-16-7-4-8-17-12-18-20(14(2)9-10-23-18)22(19(13)15)21(16)17;1-22-10-4-8-16-12-14-6-3-7-15-13-17-9-5-11-23(2)20(17)21(18(14)15)19(16)22/h3-11H,12-13H2,1-2H3;3-8,11-12H,9-10H2,1-2H3;2*3-10H,11-12H2,1-2H3;3-11H,12-13H2,1-2H3/q+1;;;;+2. The second-order valence-corrected chi connectivity index (χ2v) is 34.6. The molecule has 9 aromatic carbocycles. The van der Waals surface area contributed by atoms with Crippen LogP contribution in [-0.2, 0) is 85.4 Å². The Bertz CT molecular complexity index is 5180. The second-order valence-electron chi connectivity index (χ2n) is 34.6. The van der Waals surface area contributed by atoms with Crippen LogP contribution in [0, 0.1) is 48.5 Å². The van der Waals surface area contributed by atoms with Crippen molar-refractivity contribution in [1.82, 2.24) is 15.0 Å². The molecular formula is C104H92B5N6+3. The van der Waals surface area contributed by atoms with Crippen molar-refractivity contribution in [3.05, 3.63) is 406 Å². The molecule has 0 atom stereocenters. The summed E-state index contributed by atoms with van der Waals surface area (Å²) >= 11 is 0. The third-order valence-electron chi connectivity index (χ3n) is 27.9. The van der Waals surface area contributed by atoms with Crippen LogP contribution in [0.4, 0.5) is 0 Å². The van der Waals surface area contributed by atoms with Gasteiger partial charge in [0.1, 0.15) is 26.7 Å². The fraction of sp³-hybridized carbons (Fsp3) is 0.192. The van der Waals surface area contributed by atoms with Crippen LogP contribution < -0.4 is 96.0 Å². The van der Waals surface area contributed by atoms with Crippen molar-refractivity contribution in [1.29, 1.82) is 0 Å². The maximum absolute atomic E-state index is 4.73. The van der Waals surface area contributed by atoms with Crippen LogP contribution in [0.3, 0.4) is 0 Å². The summed E-state index contributed by atoms with van der Waals surface area (Å²) in [5.41, 5.74) is 61.6. The van der Waals surface area contributed by atoms with Crippen molar-refractivity contribution in [3.63, 3.8) is 0 Å². The normalized spacial score (nSPS) is 14.1. The molecule has 0 radical (unpaired) electrons. The Morgan fingerprint density at radius 2 is 0.443 bits per heavy atom. The Hall–Kier alpha value is -11.8. The van der Waals surface area contributed by atoms with Crippen LogP contribution in [0.1, 0.15) is 150 Å². The monoisotopic (exact) mass is 1480 g/mol. The number of fused-ring (bicyclic) bond motifs is 20. The van der Waals surface area contributed by atoms with Crippen LogP contribution in [0.25, 0.3) is 0 Å². The lowest BCUT2D eigenvalue weighted by Crippen LogP contribution is -2.75. The van der Waals surface area contributed by atoms with Gasteiger partial charge < -0.3 is 0 Å². The van der Waals surface area contributed by atoms with Gasteiger partial charge in [-0.2, -0.15) is 0 Å². The summed E-state index contributed by atoms with van der Waals surface area (Å²) in [6, 6.07) is 79.0. The van der Waals surface area contributed by atoms with Gasteiger partial charge in [0.05, 0.1) is 0 Å². The van der Waals surface area contributed by atoms with Crippen LogP contribution in [-0.4, -0.2) is 48.5 Å². The molecule has 115 heavy (non-hydrogen) atoms. The zero-order valence-corrected chi connectivity index (χ0v) is 67.9. The number of hydrogen-bond donors (Lipinski definition) is 0. The molecule has 16 heterocycles. The van der Waals surface area contributed by atoms with Crippen molar-refractivity contribution in [3.8, 4) is 0 Å². The fourth-order valence-electron chi connectivity index (χ4n) is 23.2. The molecule has 550 valence electrons. The number of benzene rings is 9. The zero-order valence-electron chi connectivity index (χ0n) is 67.9. The largest absolute Gasteiger partial charge is 0.407 e. The average molecular weight is 1480 g/mol. The minimum absolute atomic E-state index is 0.353. The molecule has 0 spiro atoms. The van der Waals surface area contributed by atoms with E-state index in [4.69, 9.17) is 9.97 Å². The zero-order chi connectivity index (χ0) is 77.8. The lowest BCUT2D eigenvalue weighted by Gasteiger charge is -2.35. The second kappa shape index (κ2) is 28.0. The molecule has 0 bridgehead atoms. The SMILES string of the molecule is C[n+]1cccc2c1B1c3c(cccc3Cc3ccc[n+](C)c31)C2.Cc1cccc2c1B1c3c(C)cncc3Cc3cccc(c31)C2.Cc1cccc2c1B1c3c(cccc3Cc3ccc[n+](C)c31)C2.Cc1cccc2c1B1c3c(cccc3Cc3nccc(C)c31)C2.Cc1cccc2c1B1c3c(cccc3Cc3nccc(C)c31)C2. The Morgan fingerprint density at radius 3 is 0.791 bits per heavy atom. The minimum Gasteiger partial charge on any atom is -0.264 e. The van der Waals surface area contributed by atoms with E-state index in [9.17, 15) is 0 Å². The predicted octanol–water partition coefficient (Wildman–Crippen LogP) is 6.87. The molecule has 0 aliphatic carbocycles. The molecule has 0 N–H and O–H groups in total. The van der Waals surface area contributed by atoms with E-state index in [-0.39, 0.29) is 0 Å². The van der Waals surface area contributed by atoms with Crippen molar-refractivity contribution in [2.45, 2.75) is 113 Å². The Morgan fingerprint density at radius 1 is 0.209 bits per heavy atom. The van der Waals surface area contributed by atoms with Crippen molar-refractivity contribution >= 4 is 116 Å². The van der Waals surface area contributed by atoms with Gasteiger partial charge in [0.2, 0.25) is 20.1 Å². The van der Waals surface area contributed by atoms with Gasteiger partial charge in [-0.05, 0) is 216 Å². The lowest BCUT2D eigenvalue weighted by molar-refractivity contribution is -0.659. The number of nitrogens with zero attached hydrogens (tertiary/aromatic N) is 6. The third-order valence-corrected chi connectivity index (χ3v) is 27.9. The molecule has 0 saturated carbocycles. The minimum atomic E-state index is 0.353. The average Bonchev–Trinajstić information content (AvgIpc) is 0.747. The summed E-state index contributed by atoms with van der Waals surface area (Å²) in [5, 5.41) is 0. The number of aryl methyl sites for hydroxylation is 10. The van der Waals surface area contributed by atoms with Gasteiger partial charge in [-0.15, -0.1) is 0 Å². The fourth-order valence-corrected chi connectivity index (χ4v) is 23.2. The highest BCUT2D eigenvalue weighted by Gasteiger charge is 2.49. The van der Waals surface area contributed by atoms with Crippen molar-refractivity contribution in [2.75, 3.05) is 0 Å². The molecule has 25 rings (SSSR count). The highest BCUT2D eigenvalue weighted by atomic mass is 14.9. The third kappa shape index (κ3) is 11.5. The first kappa shape index (κ1) is 71.0. The number of hydrogen-bond acceptors (Lipinski definition) is 3. The first-order valence-electron chi connectivity index (χ1n) is 41.8. The van der Waals surface area contributed by atoms with E-state index in [1.165, 1.54) is 205 Å². The van der Waals surface area contributed by atoms with Crippen molar-refractivity contribution in [2.24, 2.45) is 21.1 Å².